The van der Waals surface area contributed by atoms with Gasteiger partial charge in [0.1, 0.15) is 0 Å². The monoisotopic (exact) mass is 470 g/mol. The molecule has 3 aromatic rings. The molecule has 0 spiro atoms. The van der Waals surface area contributed by atoms with Crippen molar-refractivity contribution in [2.24, 2.45) is 0 Å². The number of carbonyl (C=O) groups is 2. The van der Waals surface area contributed by atoms with E-state index in [-0.39, 0.29) is 47.4 Å². The van der Waals surface area contributed by atoms with Crippen LogP contribution < -0.4 is 10.6 Å². The SMILES string of the molecule is O=C1CN(S(=O)(=O)c2cccc(NC(=O)c3cnn(-c4ccc([N+](=O)[O-])cc4)c3)c2)CCN1. The molecule has 0 saturated carbocycles. The summed E-state index contributed by atoms with van der Waals surface area (Å²) in [6.07, 6.45) is 2.77. The van der Waals surface area contributed by atoms with Gasteiger partial charge in [0, 0.05) is 37.1 Å². The zero-order chi connectivity index (χ0) is 23.6. The summed E-state index contributed by atoms with van der Waals surface area (Å²) >= 11 is 0. The fraction of sp³-hybridized carbons (Fsp3) is 0.150. The molecule has 4 rings (SSSR count). The molecule has 0 atom stereocenters. The fourth-order valence-electron chi connectivity index (χ4n) is 3.22. The first kappa shape index (κ1) is 22.1. The Bertz CT molecular complexity index is 1340. The average Bonchev–Trinajstić information content (AvgIpc) is 3.30. The number of carbonyl (C=O) groups excluding carboxylic acids is 2. The number of nitrogens with one attached hydrogen (secondary N) is 2. The molecular formula is C20H18N6O6S. The van der Waals surface area contributed by atoms with Crippen LogP contribution in [0.4, 0.5) is 11.4 Å². The van der Waals surface area contributed by atoms with E-state index in [0.717, 1.165) is 4.31 Å². The molecule has 33 heavy (non-hydrogen) atoms. The summed E-state index contributed by atoms with van der Waals surface area (Å²) in [4.78, 5) is 34.4. The predicted octanol–water partition coefficient (Wildman–Crippen LogP) is 1.15. The fourth-order valence-corrected chi connectivity index (χ4v) is 4.66. The number of amides is 2. The molecule has 1 saturated heterocycles. The van der Waals surface area contributed by atoms with Crippen molar-refractivity contribution in [2.75, 3.05) is 25.0 Å². The molecule has 170 valence electrons. The maximum absolute atomic E-state index is 12.8. The van der Waals surface area contributed by atoms with Gasteiger partial charge in [-0.25, -0.2) is 13.1 Å². The standard InChI is InChI=1S/C20H18N6O6S/c27-19-13-24(9-8-21-19)33(31,32)18-3-1-2-15(10-18)23-20(28)14-11-22-25(12-14)16-4-6-17(7-5-16)26(29)30/h1-7,10-12H,8-9,13H2,(H,21,27)(H,23,28). The van der Waals surface area contributed by atoms with Crippen molar-refractivity contribution >= 4 is 33.2 Å². The number of nitrogens with zero attached hydrogens (tertiary/aromatic N) is 4. The number of piperazine rings is 1. The lowest BCUT2D eigenvalue weighted by atomic mass is 10.2. The number of nitro benzene ring substituents is 1. The molecule has 1 aliphatic rings. The van der Waals surface area contributed by atoms with Crippen LogP contribution in [0.3, 0.4) is 0 Å². The van der Waals surface area contributed by atoms with Crippen LogP contribution in [0.1, 0.15) is 10.4 Å². The molecule has 13 heteroatoms. The molecule has 1 fully saturated rings. The number of benzene rings is 2. The highest BCUT2D eigenvalue weighted by atomic mass is 32.2. The summed E-state index contributed by atoms with van der Waals surface area (Å²) in [5.41, 5.74) is 0.919. The third-order valence-corrected chi connectivity index (χ3v) is 6.74. The molecule has 0 aliphatic carbocycles. The molecular weight excluding hydrogens is 452 g/mol. The normalized spacial score (nSPS) is 14.5. The Morgan fingerprint density at radius 3 is 2.64 bits per heavy atom. The molecule has 2 aromatic carbocycles. The van der Waals surface area contributed by atoms with E-state index in [0.29, 0.717) is 5.69 Å². The van der Waals surface area contributed by atoms with E-state index in [9.17, 15) is 28.1 Å². The number of hydrogen-bond acceptors (Lipinski definition) is 7. The molecule has 2 N–H and O–H groups in total. The molecule has 2 heterocycles. The van der Waals surface area contributed by atoms with Crippen LogP contribution in [0.15, 0.2) is 65.8 Å². The number of rotatable bonds is 6. The van der Waals surface area contributed by atoms with Crippen molar-refractivity contribution in [2.45, 2.75) is 4.90 Å². The summed E-state index contributed by atoms with van der Waals surface area (Å²) in [6.45, 7) is 0.125. The number of anilines is 1. The second kappa shape index (κ2) is 8.80. The Morgan fingerprint density at radius 2 is 1.94 bits per heavy atom. The highest BCUT2D eigenvalue weighted by Crippen LogP contribution is 2.21. The molecule has 2 amide bonds. The van der Waals surface area contributed by atoms with Crippen molar-refractivity contribution in [1.82, 2.24) is 19.4 Å². The van der Waals surface area contributed by atoms with Gasteiger partial charge in [-0.05, 0) is 30.3 Å². The zero-order valence-corrected chi connectivity index (χ0v) is 17.9. The lowest BCUT2D eigenvalue weighted by Crippen LogP contribution is -2.49. The van der Waals surface area contributed by atoms with E-state index in [1.807, 2.05) is 0 Å². The van der Waals surface area contributed by atoms with Gasteiger partial charge in [-0.3, -0.25) is 19.7 Å². The first-order valence-corrected chi connectivity index (χ1v) is 11.2. The van der Waals surface area contributed by atoms with Crippen molar-refractivity contribution in [3.05, 3.63) is 76.6 Å². The van der Waals surface area contributed by atoms with Crippen molar-refractivity contribution < 1.29 is 22.9 Å². The van der Waals surface area contributed by atoms with Gasteiger partial charge in [0.2, 0.25) is 15.9 Å². The Kier molecular flexibility index (Phi) is 5.89. The van der Waals surface area contributed by atoms with E-state index < -0.39 is 20.9 Å². The topological polar surface area (TPSA) is 157 Å². The number of sulfonamides is 1. The number of hydrogen-bond donors (Lipinski definition) is 2. The first-order chi connectivity index (χ1) is 15.7. The summed E-state index contributed by atoms with van der Waals surface area (Å²) in [6, 6.07) is 11.4. The highest BCUT2D eigenvalue weighted by Gasteiger charge is 2.29. The van der Waals surface area contributed by atoms with E-state index in [1.165, 1.54) is 59.5 Å². The number of aromatic nitrogens is 2. The maximum atomic E-state index is 12.8. The van der Waals surface area contributed by atoms with Gasteiger partial charge < -0.3 is 10.6 Å². The minimum atomic E-state index is -3.90. The van der Waals surface area contributed by atoms with E-state index in [2.05, 4.69) is 15.7 Å². The lowest BCUT2D eigenvalue weighted by Gasteiger charge is -2.26. The number of non-ortho nitro benzene ring substituents is 1. The van der Waals surface area contributed by atoms with Gasteiger partial charge in [-0.15, -0.1) is 0 Å². The maximum Gasteiger partial charge on any atom is 0.269 e. The van der Waals surface area contributed by atoms with Gasteiger partial charge in [0.15, 0.2) is 0 Å². The van der Waals surface area contributed by atoms with Crippen LogP contribution >= 0.6 is 0 Å². The summed E-state index contributed by atoms with van der Waals surface area (Å²) in [5, 5.41) is 20.1. The van der Waals surface area contributed by atoms with Gasteiger partial charge in [-0.1, -0.05) is 6.07 Å². The predicted molar refractivity (Wildman–Crippen MR) is 116 cm³/mol. The van der Waals surface area contributed by atoms with E-state index in [1.54, 1.807) is 6.07 Å². The summed E-state index contributed by atoms with van der Waals surface area (Å²) in [7, 11) is -3.90. The second-order valence-electron chi connectivity index (χ2n) is 7.12. The highest BCUT2D eigenvalue weighted by molar-refractivity contribution is 7.89. The Balaban J connectivity index is 1.49. The smallest absolute Gasteiger partial charge is 0.269 e. The van der Waals surface area contributed by atoms with Gasteiger partial charge in [-0.2, -0.15) is 9.40 Å². The largest absolute Gasteiger partial charge is 0.354 e. The number of nitro groups is 1. The van der Waals surface area contributed by atoms with Crippen LogP contribution in [-0.2, 0) is 14.8 Å². The molecule has 12 nitrogen and oxygen atoms in total. The van der Waals surface area contributed by atoms with Crippen LogP contribution in [0.5, 0.6) is 0 Å². The molecule has 1 aliphatic heterocycles. The van der Waals surface area contributed by atoms with Crippen molar-refractivity contribution in [3.63, 3.8) is 0 Å². The van der Waals surface area contributed by atoms with Gasteiger partial charge in [0.25, 0.3) is 11.6 Å². The van der Waals surface area contributed by atoms with Crippen LogP contribution in [0.25, 0.3) is 5.69 Å². The van der Waals surface area contributed by atoms with Crippen molar-refractivity contribution in [3.8, 4) is 5.69 Å². The lowest BCUT2D eigenvalue weighted by molar-refractivity contribution is -0.384. The molecule has 0 radical (unpaired) electrons. The third kappa shape index (κ3) is 4.73. The minimum Gasteiger partial charge on any atom is -0.354 e. The Labute approximate surface area is 188 Å². The molecule has 0 unspecified atom stereocenters. The first-order valence-electron chi connectivity index (χ1n) is 9.72. The van der Waals surface area contributed by atoms with Crippen molar-refractivity contribution in [1.29, 1.82) is 0 Å². The minimum absolute atomic E-state index is 0.0448. The van der Waals surface area contributed by atoms with Gasteiger partial charge in [0.05, 0.1) is 33.8 Å². The van der Waals surface area contributed by atoms with E-state index >= 15 is 0 Å². The quantitative estimate of drug-likeness (QED) is 0.404. The van der Waals surface area contributed by atoms with E-state index in [4.69, 9.17) is 0 Å². The Morgan fingerprint density at radius 1 is 1.18 bits per heavy atom. The van der Waals surface area contributed by atoms with Crippen LogP contribution in [0.2, 0.25) is 0 Å². The second-order valence-corrected chi connectivity index (χ2v) is 9.06. The molecule has 0 bridgehead atoms. The van der Waals surface area contributed by atoms with Crippen LogP contribution in [0, 0.1) is 10.1 Å². The van der Waals surface area contributed by atoms with Crippen LogP contribution in [-0.4, -0.2) is 58.9 Å². The van der Waals surface area contributed by atoms with Gasteiger partial charge >= 0.3 is 0 Å². The molecule has 1 aromatic heterocycles. The average molecular weight is 470 g/mol. The summed E-state index contributed by atoms with van der Waals surface area (Å²) < 4.78 is 28.2. The Hall–Kier alpha value is -4.10. The third-order valence-electron chi connectivity index (χ3n) is 4.90. The zero-order valence-electron chi connectivity index (χ0n) is 17.0. The summed E-state index contributed by atoms with van der Waals surface area (Å²) in [5.74, 6) is -0.894.